The lowest BCUT2D eigenvalue weighted by Gasteiger charge is -2.36. The third-order valence-corrected chi connectivity index (χ3v) is 5.96. The zero-order chi connectivity index (χ0) is 19.7. The minimum absolute atomic E-state index is 0. The van der Waals surface area contributed by atoms with Gasteiger partial charge in [-0.25, -0.2) is 4.39 Å². The first-order valence-electron chi connectivity index (χ1n) is 10.8. The van der Waals surface area contributed by atoms with Gasteiger partial charge in [0.2, 0.25) is 0 Å². The summed E-state index contributed by atoms with van der Waals surface area (Å²) >= 11 is 0. The molecule has 2 aliphatic heterocycles. The van der Waals surface area contributed by atoms with Crippen LogP contribution in [0.2, 0.25) is 0 Å². The van der Waals surface area contributed by atoms with E-state index < -0.39 is 0 Å². The molecule has 0 saturated carbocycles. The summed E-state index contributed by atoms with van der Waals surface area (Å²) in [6.45, 7) is 9.44. The average molecular weight is 518 g/mol. The largest absolute Gasteiger partial charge is 0.381 e. The Hall–Kier alpha value is -0.930. The van der Waals surface area contributed by atoms with Crippen molar-refractivity contribution in [2.45, 2.75) is 44.4 Å². The Balaban J connectivity index is 0.00000300. The molecule has 1 aromatic carbocycles. The van der Waals surface area contributed by atoms with Crippen LogP contribution in [-0.4, -0.2) is 63.3 Å². The lowest BCUT2D eigenvalue weighted by atomic mass is 9.74. The van der Waals surface area contributed by atoms with Gasteiger partial charge >= 0.3 is 0 Å². The number of likely N-dealkylation sites (tertiary alicyclic amines) is 1. The number of guanidine groups is 1. The Bertz CT molecular complexity index is 614. The third kappa shape index (κ3) is 7.36. The van der Waals surface area contributed by atoms with Crippen molar-refractivity contribution in [1.29, 1.82) is 0 Å². The summed E-state index contributed by atoms with van der Waals surface area (Å²) < 4.78 is 19.0. The minimum Gasteiger partial charge on any atom is -0.381 e. The first-order valence-corrected chi connectivity index (χ1v) is 10.8. The molecule has 2 N–H and O–H groups in total. The quantitative estimate of drug-likeness (QED) is 0.330. The monoisotopic (exact) mass is 518 g/mol. The number of nitrogens with one attached hydrogen (secondary N) is 2. The Morgan fingerprint density at radius 2 is 1.79 bits per heavy atom. The van der Waals surface area contributed by atoms with E-state index in [1.807, 2.05) is 12.1 Å². The van der Waals surface area contributed by atoms with Gasteiger partial charge in [-0.3, -0.25) is 4.99 Å². The second-order valence-electron chi connectivity index (χ2n) is 7.92. The molecule has 2 fully saturated rings. The van der Waals surface area contributed by atoms with Gasteiger partial charge in [0.05, 0.1) is 6.54 Å². The van der Waals surface area contributed by atoms with Crippen molar-refractivity contribution in [3.05, 3.63) is 35.6 Å². The lowest BCUT2D eigenvalue weighted by molar-refractivity contribution is 0.0531. The summed E-state index contributed by atoms with van der Waals surface area (Å²) in [5.74, 6) is 0.676. The van der Waals surface area contributed by atoms with E-state index in [-0.39, 0.29) is 35.2 Å². The lowest BCUT2D eigenvalue weighted by Crippen LogP contribution is -2.44. The average Bonchev–Trinajstić information content (AvgIpc) is 2.74. The van der Waals surface area contributed by atoms with Gasteiger partial charge in [0.25, 0.3) is 0 Å². The second-order valence-corrected chi connectivity index (χ2v) is 7.92. The first kappa shape index (κ1) is 24.3. The molecule has 0 aromatic heterocycles. The number of rotatable bonds is 7. The molecule has 0 radical (unpaired) electrons. The van der Waals surface area contributed by atoms with E-state index in [1.165, 1.54) is 32.4 Å². The molecule has 0 aliphatic carbocycles. The normalized spacial score (nSPS) is 20.0. The van der Waals surface area contributed by atoms with Crippen molar-refractivity contribution in [2.24, 2.45) is 4.99 Å². The Morgan fingerprint density at radius 1 is 1.10 bits per heavy atom. The van der Waals surface area contributed by atoms with Crippen molar-refractivity contribution >= 4 is 29.9 Å². The van der Waals surface area contributed by atoms with Crippen molar-refractivity contribution in [3.8, 4) is 0 Å². The molecular weight excluding hydrogens is 482 g/mol. The first-order chi connectivity index (χ1) is 13.7. The van der Waals surface area contributed by atoms with Crippen LogP contribution in [0, 0.1) is 5.82 Å². The topological polar surface area (TPSA) is 48.9 Å². The predicted molar refractivity (Wildman–Crippen MR) is 128 cm³/mol. The molecule has 3 rings (SSSR count). The molecule has 0 amide bonds. The highest BCUT2D eigenvalue weighted by atomic mass is 127. The zero-order valence-corrected chi connectivity index (χ0v) is 19.9. The fraction of sp³-hybridized carbons (Fsp3) is 0.682. The molecule has 164 valence electrons. The molecule has 0 bridgehead atoms. The van der Waals surface area contributed by atoms with Crippen LogP contribution in [-0.2, 0) is 10.2 Å². The van der Waals surface area contributed by atoms with E-state index in [0.29, 0.717) is 6.54 Å². The standard InChI is InChI=1S/C22H35FN4O.HI/c1-2-24-21(25-12-15-27-13-4-3-5-14-27)26-18-22(10-16-28-17-11-22)19-6-8-20(23)9-7-19;/h6-9H,2-5,10-18H2,1H3,(H2,24,25,26);1H. The van der Waals surface area contributed by atoms with Crippen molar-refractivity contribution in [2.75, 3.05) is 52.5 Å². The molecule has 0 unspecified atom stereocenters. The van der Waals surface area contributed by atoms with E-state index in [1.54, 1.807) is 12.1 Å². The molecule has 1 aromatic rings. The highest BCUT2D eigenvalue weighted by Gasteiger charge is 2.34. The van der Waals surface area contributed by atoms with E-state index >= 15 is 0 Å². The van der Waals surface area contributed by atoms with E-state index in [2.05, 4.69) is 22.5 Å². The molecule has 7 heteroatoms. The minimum atomic E-state index is -0.192. The van der Waals surface area contributed by atoms with Gasteiger partial charge in [-0.1, -0.05) is 18.6 Å². The van der Waals surface area contributed by atoms with Gasteiger partial charge in [-0.2, -0.15) is 0 Å². The summed E-state index contributed by atoms with van der Waals surface area (Å²) in [5, 5.41) is 6.86. The van der Waals surface area contributed by atoms with Crippen LogP contribution in [0.1, 0.15) is 44.6 Å². The van der Waals surface area contributed by atoms with Crippen LogP contribution in [0.3, 0.4) is 0 Å². The van der Waals surface area contributed by atoms with Crippen molar-refractivity contribution in [3.63, 3.8) is 0 Å². The Kier molecular flexibility index (Phi) is 10.7. The molecule has 0 atom stereocenters. The number of hydrogen-bond acceptors (Lipinski definition) is 3. The van der Waals surface area contributed by atoms with E-state index in [9.17, 15) is 4.39 Å². The molecule has 2 heterocycles. The summed E-state index contributed by atoms with van der Waals surface area (Å²) in [4.78, 5) is 7.44. The summed E-state index contributed by atoms with van der Waals surface area (Å²) in [5.41, 5.74) is 1.08. The number of aliphatic imine (C=N–C) groups is 1. The van der Waals surface area contributed by atoms with Gasteiger partial charge in [-0.15, -0.1) is 24.0 Å². The SMILES string of the molecule is CCNC(=NCC1(c2ccc(F)cc2)CCOCC1)NCCN1CCCCC1.I. The highest BCUT2D eigenvalue weighted by Crippen LogP contribution is 2.35. The highest BCUT2D eigenvalue weighted by molar-refractivity contribution is 14.0. The van der Waals surface area contributed by atoms with Crippen LogP contribution in [0.4, 0.5) is 4.39 Å². The smallest absolute Gasteiger partial charge is 0.191 e. The van der Waals surface area contributed by atoms with Gasteiger partial charge in [0.15, 0.2) is 5.96 Å². The van der Waals surface area contributed by atoms with Crippen LogP contribution in [0.15, 0.2) is 29.3 Å². The fourth-order valence-corrected chi connectivity index (χ4v) is 4.19. The third-order valence-electron chi connectivity index (χ3n) is 5.96. The Labute approximate surface area is 191 Å². The Morgan fingerprint density at radius 3 is 2.45 bits per heavy atom. The maximum atomic E-state index is 13.4. The second kappa shape index (κ2) is 12.7. The van der Waals surface area contributed by atoms with E-state index in [0.717, 1.165) is 57.2 Å². The number of piperidine rings is 1. The van der Waals surface area contributed by atoms with Crippen LogP contribution >= 0.6 is 24.0 Å². The number of ether oxygens (including phenoxy) is 1. The summed E-state index contributed by atoms with van der Waals surface area (Å²) in [7, 11) is 0. The van der Waals surface area contributed by atoms with Crippen LogP contribution in [0.25, 0.3) is 0 Å². The molecular formula is C22H36FIN4O. The molecule has 2 saturated heterocycles. The maximum Gasteiger partial charge on any atom is 0.191 e. The molecule has 29 heavy (non-hydrogen) atoms. The number of hydrogen-bond donors (Lipinski definition) is 2. The van der Waals surface area contributed by atoms with Gasteiger partial charge in [0.1, 0.15) is 5.82 Å². The number of benzene rings is 1. The van der Waals surface area contributed by atoms with Crippen LogP contribution < -0.4 is 10.6 Å². The maximum absolute atomic E-state index is 13.4. The van der Waals surface area contributed by atoms with Crippen LogP contribution in [0.5, 0.6) is 0 Å². The summed E-state index contributed by atoms with van der Waals surface area (Å²) in [6.07, 6.45) is 5.82. The van der Waals surface area contributed by atoms with Crippen molar-refractivity contribution in [1.82, 2.24) is 15.5 Å². The van der Waals surface area contributed by atoms with Gasteiger partial charge in [-0.05, 0) is 63.4 Å². The van der Waals surface area contributed by atoms with Crippen molar-refractivity contribution < 1.29 is 9.13 Å². The number of halogens is 2. The zero-order valence-electron chi connectivity index (χ0n) is 17.6. The molecule has 0 spiro atoms. The van der Waals surface area contributed by atoms with Gasteiger partial charge in [0, 0.05) is 38.3 Å². The van der Waals surface area contributed by atoms with Gasteiger partial charge < -0.3 is 20.3 Å². The summed E-state index contributed by atoms with van der Waals surface area (Å²) in [6, 6.07) is 6.93. The molecule has 5 nitrogen and oxygen atoms in total. The fourth-order valence-electron chi connectivity index (χ4n) is 4.19. The number of nitrogens with zero attached hydrogens (tertiary/aromatic N) is 2. The predicted octanol–water partition coefficient (Wildman–Crippen LogP) is 3.53. The van der Waals surface area contributed by atoms with E-state index in [4.69, 9.17) is 9.73 Å². The molecule has 2 aliphatic rings.